The second kappa shape index (κ2) is 27.8. The van der Waals surface area contributed by atoms with Crippen LogP contribution in [0.3, 0.4) is 0 Å². The summed E-state index contributed by atoms with van der Waals surface area (Å²) in [5.41, 5.74) is 0.381. The molecule has 3 saturated heterocycles. The van der Waals surface area contributed by atoms with Gasteiger partial charge in [-0.25, -0.2) is 9.59 Å². The highest BCUT2D eigenvalue weighted by atomic mass is 16.8. The number of aliphatic hydroxyl groups excluding tert-OH is 8. The molecule has 0 radical (unpaired) electrons. The minimum atomic E-state index is -2.24. The number of ether oxygens (including phenoxy) is 12. The highest BCUT2D eigenvalue weighted by Gasteiger charge is 2.53. The number of carbonyl (C=O) groups excluding carboxylic acids is 3. The van der Waals surface area contributed by atoms with E-state index in [2.05, 4.69) is 4.74 Å². The quantitative estimate of drug-likeness (QED) is 0.0114. The first-order chi connectivity index (χ1) is 41.3. The number of fused-ring (bicyclic) bond motifs is 1. The monoisotopic (exact) mass is 1230 g/mol. The number of carboxylic acid groups (broad SMARTS) is 1. The summed E-state index contributed by atoms with van der Waals surface area (Å²) in [7, 11) is 2.61. The van der Waals surface area contributed by atoms with E-state index in [0.717, 1.165) is 42.5 Å². The van der Waals surface area contributed by atoms with Gasteiger partial charge in [-0.3, -0.25) is 9.59 Å². The zero-order chi connectivity index (χ0) is 63.1. The van der Waals surface area contributed by atoms with E-state index < -0.39 is 183 Å². The highest BCUT2D eigenvalue weighted by molar-refractivity contribution is 5.90. The molecule has 4 aromatic rings. The number of esters is 3. The number of aliphatic hydroxyl groups is 9. The molecule has 3 fully saturated rings. The van der Waals surface area contributed by atoms with E-state index in [9.17, 15) is 90.7 Å². The van der Waals surface area contributed by atoms with Crippen molar-refractivity contribution in [3.8, 4) is 57.5 Å². The zero-order valence-electron chi connectivity index (χ0n) is 45.5. The van der Waals surface area contributed by atoms with Gasteiger partial charge in [0, 0.05) is 24.3 Å². The predicted octanol–water partition coefficient (Wildman–Crippen LogP) is -1.35. The molecule has 16 unspecified atom stereocenters. The first-order valence-corrected chi connectivity index (χ1v) is 26.1. The lowest BCUT2D eigenvalue weighted by Gasteiger charge is -2.46. The summed E-state index contributed by atoms with van der Waals surface area (Å²) in [4.78, 5) is 49.1. The van der Waals surface area contributed by atoms with Gasteiger partial charge < -0.3 is 133 Å². The fourth-order valence-corrected chi connectivity index (χ4v) is 9.21. The Kier molecular flexibility index (Phi) is 20.5. The molecular weight excluding hydrogens is 1170 g/mol. The molecule has 8 rings (SSSR count). The van der Waals surface area contributed by atoms with Crippen LogP contribution in [0.15, 0.2) is 78.6 Å². The van der Waals surface area contributed by atoms with Gasteiger partial charge in [0.15, 0.2) is 58.4 Å². The third-order valence-corrected chi connectivity index (χ3v) is 13.8. The standard InChI is InChI=1S/C56H60O31/c1-76-33-11-22(3-7-27(33)58)5-9-40(64)78-19-36-44(68)48(72)51(75)55(85-36)87-53-49(73)46(70)38(20-79-41(65)10-6-23-4-8-28(59)34(12-23)77-2)86-56(53)83-35-17-26-31(81-52(35)24-13-29(60)43(67)30(61)14-24)15-25(57)16-32(26)82-54-50(74)47(71)45(69)37(84-54)21-80-42(66)18-39(62)63/h3-17,36-38,44-61,67-75H,18-21H2,1-2H3,(H,62,63)/p+1. The molecular formula is C56H61O31+. The number of benzene rings is 4. The minimum Gasteiger partial charge on any atom is -0.571 e. The Hall–Kier alpha value is -8.70. The number of aliphatic carboxylic acids is 1. The highest BCUT2D eigenvalue weighted by Crippen LogP contribution is 2.49. The maximum atomic E-state index is 13.1. The molecule has 0 bridgehead atoms. The van der Waals surface area contributed by atoms with Crippen LogP contribution in [0.5, 0.6) is 57.5 Å². The van der Waals surface area contributed by atoms with Crippen LogP contribution in [0.2, 0.25) is 0 Å². The van der Waals surface area contributed by atoms with Crippen molar-refractivity contribution >= 4 is 42.1 Å². The zero-order valence-corrected chi connectivity index (χ0v) is 45.5. The van der Waals surface area contributed by atoms with Crippen LogP contribution < -0.4 is 14.2 Å². The van der Waals surface area contributed by atoms with E-state index >= 15 is 0 Å². The van der Waals surface area contributed by atoms with E-state index in [1.807, 2.05) is 0 Å². The third kappa shape index (κ3) is 15.1. The fraction of sp³-hybridized carbons (Fsp3) is 0.393. The summed E-state index contributed by atoms with van der Waals surface area (Å²) in [6.45, 7) is -2.53. The Bertz CT molecular complexity index is 3210. The van der Waals surface area contributed by atoms with Crippen LogP contribution >= 0.6 is 0 Å². The molecule has 16 N–H and O–H groups in total. The van der Waals surface area contributed by atoms with Crippen LogP contribution in [0.4, 0.5) is 0 Å². The molecule has 4 aliphatic rings. The molecule has 16 atom stereocenters. The molecule has 0 spiro atoms. The SMILES string of the molecule is COc1cc(C=CC(=O)OCC2OC(OC3C(OC4=Cc5c(OC6OC(COC(=O)CC(=O)O)C(O)C(O)C6O)cc(O)cc5[OH+]C4c4cc(O)c(O)c(O)c4)OC(COC(=O)C=Cc4ccc(O)c(OC)c4)C(O)C3O)C(O)C(O)C2O)ccc1O. The van der Waals surface area contributed by atoms with Crippen LogP contribution in [0, 0.1) is 0 Å². The second-order valence-corrected chi connectivity index (χ2v) is 19.8. The Balaban J connectivity index is 1.12. The average Bonchev–Trinajstić information content (AvgIpc) is 1.40. The summed E-state index contributed by atoms with van der Waals surface area (Å²) in [5, 5.41) is 161. The van der Waals surface area contributed by atoms with Gasteiger partial charge >= 0.3 is 23.9 Å². The Morgan fingerprint density at radius 1 is 0.540 bits per heavy atom. The van der Waals surface area contributed by atoms with Gasteiger partial charge in [-0.2, -0.15) is 0 Å². The van der Waals surface area contributed by atoms with Gasteiger partial charge in [0.25, 0.3) is 11.9 Å². The van der Waals surface area contributed by atoms with Crippen molar-refractivity contribution in [2.24, 2.45) is 0 Å². The number of methoxy groups -OCH3 is 2. The van der Waals surface area contributed by atoms with E-state index in [-0.39, 0.29) is 39.9 Å². The molecule has 4 aliphatic heterocycles. The molecule has 4 aromatic carbocycles. The van der Waals surface area contributed by atoms with Crippen LogP contribution in [0.25, 0.3) is 18.2 Å². The molecule has 87 heavy (non-hydrogen) atoms. The number of rotatable bonds is 21. The fourth-order valence-electron chi connectivity index (χ4n) is 9.21. The van der Waals surface area contributed by atoms with Crippen molar-refractivity contribution in [1.82, 2.24) is 0 Å². The molecule has 470 valence electrons. The van der Waals surface area contributed by atoms with Gasteiger partial charge in [0.2, 0.25) is 12.6 Å². The maximum Gasteiger partial charge on any atom is 0.330 e. The number of hydrogen-bond acceptors (Lipinski definition) is 29. The number of phenolic OH excluding ortho intramolecular Hbond substituents is 6. The number of carboxylic acids is 1. The topological polar surface area (TPSA) is 486 Å². The van der Waals surface area contributed by atoms with Crippen LogP contribution in [-0.2, 0) is 57.1 Å². The number of aromatic hydroxyl groups is 7. The number of carbonyl (C=O) groups is 4. The lowest BCUT2D eigenvalue weighted by Crippen LogP contribution is -2.64. The summed E-state index contributed by atoms with van der Waals surface area (Å²) >= 11 is 0. The normalized spacial score (nSPS) is 28.8. The van der Waals surface area contributed by atoms with Gasteiger partial charge in [-0.1, -0.05) is 12.1 Å². The van der Waals surface area contributed by atoms with Crippen LogP contribution in [-0.4, -0.2) is 231 Å². The predicted molar refractivity (Wildman–Crippen MR) is 285 cm³/mol. The van der Waals surface area contributed by atoms with Gasteiger partial charge in [-0.15, -0.1) is 0 Å². The molecule has 0 aliphatic carbocycles. The summed E-state index contributed by atoms with van der Waals surface area (Å²) in [6, 6.07) is 12.2. The van der Waals surface area contributed by atoms with E-state index in [4.69, 9.17) is 57.2 Å². The van der Waals surface area contributed by atoms with Crippen molar-refractivity contribution in [2.75, 3.05) is 34.0 Å². The smallest absolute Gasteiger partial charge is 0.330 e. The van der Waals surface area contributed by atoms with Crippen molar-refractivity contribution in [1.29, 1.82) is 0 Å². The lowest BCUT2D eigenvalue weighted by atomic mass is 9.97. The first kappa shape index (κ1) is 64.3. The molecule has 0 aromatic heterocycles. The number of hydrogen-bond donors (Lipinski definition) is 15. The summed E-state index contributed by atoms with van der Waals surface area (Å²) < 4.78 is 66.4. The van der Waals surface area contributed by atoms with E-state index in [1.165, 1.54) is 62.8 Å². The number of phenols is 6. The molecule has 0 saturated carbocycles. The van der Waals surface area contributed by atoms with Crippen LogP contribution in [0.1, 0.15) is 34.8 Å². The Labute approximate surface area is 490 Å². The van der Waals surface area contributed by atoms with Gasteiger partial charge in [-0.05, 0) is 59.7 Å². The third-order valence-electron chi connectivity index (χ3n) is 13.8. The summed E-state index contributed by atoms with van der Waals surface area (Å²) in [5.74, 6) is -9.53. The summed E-state index contributed by atoms with van der Waals surface area (Å²) in [6.07, 6.45) is -27.4. The van der Waals surface area contributed by atoms with E-state index in [1.54, 1.807) is 0 Å². The van der Waals surface area contributed by atoms with Gasteiger partial charge in [0.05, 0.1) is 25.8 Å². The van der Waals surface area contributed by atoms with Crippen molar-refractivity contribution in [3.63, 3.8) is 0 Å². The molecule has 31 nitrogen and oxygen atoms in total. The average molecular weight is 1230 g/mol. The Morgan fingerprint density at radius 3 is 1.56 bits per heavy atom. The molecule has 31 heteroatoms. The van der Waals surface area contributed by atoms with Crippen molar-refractivity contribution < 1.29 is 153 Å². The van der Waals surface area contributed by atoms with Gasteiger partial charge in [0.1, 0.15) is 110 Å². The largest absolute Gasteiger partial charge is 0.571 e. The van der Waals surface area contributed by atoms with Crippen molar-refractivity contribution in [2.45, 2.75) is 105 Å². The maximum absolute atomic E-state index is 13.1. The second-order valence-electron chi connectivity index (χ2n) is 19.8. The minimum absolute atomic E-state index is 0.0751. The van der Waals surface area contributed by atoms with E-state index in [0.29, 0.717) is 11.1 Å². The van der Waals surface area contributed by atoms with Crippen molar-refractivity contribution in [3.05, 3.63) is 101 Å². The Morgan fingerprint density at radius 2 is 1.03 bits per heavy atom. The lowest BCUT2D eigenvalue weighted by molar-refractivity contribution is -0.364. The molecule has 4 heterocycles. The molecule has 0 amide bonds. The first-order valence-electron chi connectivity index (χ1n) is 26.1.